The highest BCUT2D eigenvalue weighted by atomic mass is 31.1. The van der Waals surface area contributed by atoms with E-state index in [1.165, 1.54) is 0 Å². The first-order valence-electron chi connectivity index (χ1n) is 10.8. The maximum absolute atomic E-state index is 11.4. The standard InChI is InChI=1S/C19H34N4O8P2/c24-16(25)8-20-2-3-21(9-17(26)27)13-33-7-1-6-32(12-20)14-22(10-18(28)29)4-5-23(15-33)11-19(30)31/h1-15H2,(H,24,25)(H,26,27)(H,28,29)(H,30,31). The molecule has 188 valence electrons. The predicted octanol–water partition coefficient (Wildman–Crippen LogP) is -0.256. The molecule has 0 amide bonds. The number of hydrogen-bond acceptors (Lipinski definition) is 8. The van der Waals surface area contributed by atoms with E-state index in [4.69, 9.17) is 0 Å². The Morgan fingerprint density at radius 2 is 0.758 bits per heavy atom. The fourth-order valence-corrected chi connectivity index (χ4v) is 9.58. The molecule has 33 heavy (non-hydrogen) atoms. The van der Waals surface area contributed by atoms with Gasteiger partial charge in [0.05, 0.1) is 26.2 Å². The first-order chi connectivity index (χ1) is 15.6. The van der Waals surface area contributed by atoms with E-state index < -0.39 is 39.7 Å². The monoisotopic (exact) mass is 508 g/mol. The number of fused-ring (bicyclic) bond motifs is 4. The average Bonchev–Trinajstić information content (AvgIpc) is 2.72. The van der Waals surface area contributed by atoms with Gasteiger partial charge in [-0.25, -0.2) is 0 Å². The van der Waals surface area contributed by atoms with Gasteiger partial charge in [0.1, 0.15) is 0 Å². The van der Waals surface area contributed by atoms with Crippen LogP contribution in [-0.2, 0) is 19.2 Å². The second-order valence-corrected chi connectivity index (χ2v) is 13.2. The summed E-state index contributed by atoms with van der Waals surface area (Å²) in [6.45, 7) is 1.11. The molecule has 0 radical (unpaired) electrons. The lowest BCUT2D eigenvalue weighted by Crippen LogP contribution is -2.43. The largest absolute Gasteiger partial charge is 0.480 e. The maximum atomic E-state index is 11.4. The van der Waals surface area contributed by atoms with Crippen molar-refractivity contribution < 1.29 is 39.6 Å². The number of carboxylic acid groups (broad SMARTS) is 4. The maximum Gasteiger partial charge on any atom is 0.317 e. The summed E-state index contributed by atoms with van der Waals surface area (Å²) in [5.41, 5.74) is 0. The van der Waals surface area contributed by atoms with Crippen LogP contribution in [0.3, 0.4) is 0 Å². The molecular formula is C19H34N4O8P2. The topological polar surface area (TPSA) is 162 Å². The lowest BCUT2D eigenvalue weighted by atomic mass is 10.4. The third-order valence-electron chi connectivity index (χ3n) is 5.45. The molecule has 0 aromatic carbocycles. The fraction of sp³-hybridized carbons (Fsp3) is 0.789. The van der Waals surface area contributed by atoms with E-state index in [0.29, 0.717) is 51.3 Å². The zero-order valence-corrected chi connectivity index (χ0v) is 20.5. The summed E-state index contributed by atoms with van der Waals surface area (Å²) in [6.07, 6.45) is 4.83. The fourth-order valence-electron chi connectivity index (χ4n) is 4.15. The van der Waals surface area contributed by atoms with Crippen molar-refractivity contribution in [3.8, 4) is 0 Å². The highest BCUT2D eigenvalue weighted by molar-refractivity contribution is 7.58. The molecule has 2 aliphatic heterocycles. The zero-order valence-electron chi connectivity index (χ0n) is 18.7. The lowest BCUT2D eigenvalue weighted by Gasteiger charge is -2.34. The van der Waals surface area contributed by atoms with Crippen LogP contribution >= 0.6 is 15.8 Å². The van der Waals surface area contributed by atoms with Crippen molar-refractivity contribution in [1.82, 2.24) is 19.6 Å². The smallest absolute Gasteiger partial charge is 0.317 e. The van der Waals surface area contributed by atoms with E-state index >= 15 is 0 Å². The lowest BCUT2D eigenvalue weighted by molar-refractivity contribution is -0.140. The van der Waals surface area contributed by atoms with Crippen molar-refractivity contribution in [2.45, 2.75) is 6.42 Å². The van der Waals surface area contributed by atoms with Gasteiger partial charge in [0.25, 0.3) is 0 Å². The number of carbonyl (C=O) groups is 4. The van der Waals surface area contributed by atoms with Crippen molar-refractivity contribution in [1.29, 1.82) is 0 Å². The number of aliphatic carboxylic acids is 4. The van der Waals surface area contributed by atoms with Crippen LogP contribution in [0.5, 0.6) is 0 Å². The van der Waals surface area contributed by atoms with Gasteiger partial charge >= 0.3 is 23.9 Å². The molecule has 0 aromatic heterocycles. The molecule has 0 unspecified atom stereocenters. The first kappa shape index (κ1) is 27.8. The molecule has 0 spiro atoms. The molecule has 2 heterocycles. The van der Waals surface area contributed by atoms with Gasteiger partial charge in [0.15, 0.2) is 0 Å². The quantitative estimate of drug-likeness (QED) is 0.319. The van der Waals surface area contributed by atoms with Gasteiger partial charge in [0, 0.05) is 51.3 Å². The Kier molecular flexibility index (Phi) is 11.9. The van der Waals surface area contributed by atoms with E-state index in [2.05, 4.69) is 0 Å². The summed E-state index contributed by atoms with van der Waals surface area (Å²) >= 11 is 0. The Labute approximate surface area is 195 Å². The molecule has 0 aliphatic carbocycles. The van der Waals surface area contributed by atoms with Crippen LogP contribution < -0.4 is 0 Å². The Morgan fingerprint density at radius 3 is 0.970 bits per heavy atom. The van der Waals surface area contributed by atoms with Gasteiger partial charge < -0.3 is 20.4 Å². The number of nitrogens with zero attached hydrogens (tertiary/aromatic N) is 4. The van der Waals surface area contributed by atoms with Crippen molar-refractivity contribution >= 4 is 39.7 Å². The van der Waals surface area contributed by atoms with Crippen LogP contribution in [0.4, 0.5) is 0 Å². The molecule has 12 nitrogen and oxygen atoms in total. The average molecular weight is 508 g/mol. The minimum atomic E-state index is -0.945. The molecule has 0 atom stereocenters. The van der Waals surface area contributed by atoms with Crippen LogP contribution in [0.2, 0.25) is 0 Å². The molecule has 2 bridgehead atoms. The van der Waals surface area contributed by atoms with E-state index in [-0.39, 0.29) is 26.2 Å². The molecule has 2 saturated heterocycles. The molecule has 2 aliphatic rings. The van der Waals surface area contributed by atoms with Crippen molar-refractivity contribution in [2.75, 3.05) is 89.8 Å². The van der Waals surface area contributed by atoms with Crippen LogP contribution in [0.1, 0.15) is 6.42 Å². The van der Waals surface area contributed by atoms with Gasteiger partial charge in [-0.05, 0) is 18.7 Å². The second kappa shape index (κ2) is 14.1. The summed E-state index contributed by atoms with van der Waals surface area (Å²) in [7, 11) is -1.39. The van der Waals surface area contributed by atoms with Crippen molar-refractivity contribution in [3.63, 3.8) is 0 Å². The van der Waals surface area contributed by atoms with Gasteiger partial charge in [-0.15, -0.1) is 0 Å². The van der Waals surface area contributed by atoms with E-state index in [1.807, 2.05) is 19.6 Å². The Hall–Kier alpha value is -1.42. The van der Waals surface area contributed by atoms with E-state index in [0.717, 1.165) is 18.7 Å². The zero-order chi connectivity index (χ0) is 24.4. The van der Waals surface area contributed by atoms with E-state index in [1.54, 1.807) is 0 Å². The minimum absolute atomic E-state index is 0.139. The highest BCUT2D eigenvalue weighted by Gasteiger charge is 2.27. The number of rotatable bonds is 8. The molecule has 2 fully saturated rings. The van der Waals surface area contributed by atoms with Crippen LogP contribution in [0.15, 0.2) is 0 Å². The van der Waals surface area contributed by atoms with E-state index in [9.17, 15) is 39.6 Å². The molecule has 4 N–H and O–H groups in total. The number of carboxylic acids is 4. The second-order valence-electron chi connectivity index (χ2n) is 8.49. The molecule has 0 aromatic rings. The molecule has 2 rings (SSSR count). The third kappa shape index (κ3) is 11.5. The van der Waals surface area contributed by atoms with Gasteiger partial charge in [-0.1, -0.05) is 15.8 Å². The Bertz CT molecular complexity index is 593. The first-order valence-corrected chi connectivity index (χ1v) is 14.6. The van der Waals surface area contributed by atoms with Crippen LogP contribution in [-0.4, -0.2) is 154 Å². The summed E-state index contributed by atoms with van der Waals surface area (Å²) in [6, 6.07) is 0. The summed E-state index contributed by atoms with van der Waals surface area (Å²) in [5.74, 6) is -3.78. The van der Waals surface area contributed by atoms with Gasteiger partial charge in [-0.3, -0.25) is 38.8 Å². The van der Waals surface area contributed by atoms with Crippen LogP contribution in [0, 0.1) is 0 Å². The summed E-state index contributed by atoms with van der Waals surface area (Å²) < 4.78 is 0. The van der Waals surface area contributed by atoms with Gasteiger partial charge in [-0.2, -0.15) is 0 Å². The highest BCUT2D eigenvalue weighted by Crippen LogP contribution is 2.44. The molecule has 0 saturated carbocycles. The minimum Gasteiger partial charge on any atom is -0.480 e. The predicted molar refractivity (Wildman–Crippen MR) is 124 cm³/mol. The number of hydrogen-bond donors (Lipinski definition) is 4. The van der Waals surface area contributed by atoms with Crippen LogP contribution in [0.25, 0.3) is 0 Å². The Balaban J connectivity index is 2.32. The molecular weight excluding hydrogens is 474 g/mol. The SMILES string of the molecule is O=C(O)CN1CCN(CC(=O)O)CP2CCCP(C1)CN(CC(=O)O)CCN(CC(=O)O)C2. The summed E-state index contributed by atoms with van der Waals surface area (Å²) in [5, 5.41) is 37.5. The van der Waals surface area contributed by atoms with Crippen molar-refractivity contribution in [3.05, 3.63) is 0 Å². The Morgan fingerprint density at radius 1 is 0.515 bits per heavy atom. The third-order valence-corrected chi connectivity index (χ3v) is 10.5. The summed E-state index contributed by atoms with van der Waals surface area (Å²) in [4.78, 5) is 53.1. The van der Waals surface area contributed by atoms with Crippen molar-refractivity contribution in [2.24, 2.45) is 0 Å². The normalized spacial score (nSPS) is 25.2. The molecule has 14 heteroatoms. The van der Waals surface area contributed by atoms with Gasteiger partial charge in [0.2, 0.25) is 0 Å².